The van der Waals surface area contributed by atoms with E-state index in [4.69, 9.17) is 0 Å². The van der Waals surface area contributed by atoms with Gasteiger partial charge in [0.25, 0.3) is 0 Å². The number of hydrogen-bond donors (Lipinski definition) is 1. The molecule has 0 aromatic heterocycles. The van der Waals surface area contributed by atoms with Crippen molar-refractivity contribution >= 4 is 0 Å². The third-order valence-corrected chi connectivity index (χ3v) is 2.46. The minimum atomic E-state index is 0.674. The van der Waals surface area contributed by atoms with Gasteiger partial charge in [0.05, 0.1) is 0 Å². The van der Waals surface area contributed by atoms with Crippen LogP contribution in [0.1, 0.15) is 41.0 Å². The number of allylic oxidation sites excluding steroid dienone is 1. The highest BCUT2D eigenvalue weighted by Crippen LogP contribution is 2.13. The van der Waals surface area contributed by atoms with Crippen molar-refractivity contribution in [2.45, 2.75) is 41.0 Å². The SMILES string of the molecule is CCNCC(=CC(C)CC)C(C)C. The topological polar surface area (TPSA) is 12.0 Å². The molecule has 0 aromatic rings. The highest BCUT2D eigenvalue weighted by Gasteiger charge is 2.04. The molecular formula is C12H25N. The van der Waals surface area contributed by atoms with Crippen molar-refractivity contribution in [3.63, 3.8) is 0 Å². The Labute approximate surface area is 83.6 Å². The van der Waals surface area contributed by atoms with Crippen LogP contribution in [0.3, 0.4) is 0 Å². The van der Waals surface area contributed by atoms with Crippen LogP contribution in [0.25, 0.3) is 0 Å². The lowest BCUT2D eigenvalue weighted by atomic mass is 9.97. The van der Waals surface area contributed by atoms with E-state index in [0.717, 1.165) is 19.0 Å². The molecule has 0 saturated carbocycles. The summed E-state index contributed by atoms with van der Waals surface area (Å²) < 4.78 is 0. The molecule has 1 unspecified atom stereocenters. The molecule has 0 bridgehead atoms. The van der Waals surface area contributed by atoms with E-state index < -0.39 is 0 Å². The Balaban J connectivity index is 4.14. The van der Waals surface area contributed by atoms with Crippen LogP contribution < -0.4 is 5.32 Å². The molecule has 78 valence electrons. The van der Waals surface area contributed by atoms with Gasteiger partial charge in [-0.05, 0) is 18.4 Å². The van der Waals surface area contributed by atoms with Gasteiger partial charge >= 0.3 is 0 Å². The van der Waals surface area contributed by atoms with Gasteiger partial charge in [-0.25, -0.2) is 0 Å². The Morgan fingerprint density at radius 2 is 1.85 bits per heavy atom. The summed E-state index contributed by atoms with van der Waals surface area (Å²) in [4.78, 5) is 0. The van der Waals surface area contributed by atoms with Crippen LogP contribution in [0.5, 0.6) is 0 Å². The predicted molar refractivity (Wildman–Crippen MR) is 60.9 cm³/mol. The van der Waals surface area contributed by atoms with Crippen LogP contribution in [-0.2, 0) is 0 Å². The monoisotopic (exact) mass is 183 g/mol. The summed E-state index contributed by atoms with van der Waals surface area (Å²) in [7, 11) is 0. The van der Waals surface area contributed by atoms with Crippen molar-refractivity contribution in [1.82, 2.24) is 5.32 Å². The smallest absolute Gasteiger partial charge is 0.0167 e. The first-order valence-electron chi connectivity index (χ1n) is 5.53. The summed E-state index contributed by atoms with van der Waals surface area (Å²) in [5.74, 6) is 1.39. The fourth-order valence-electron chi connectivity index (χ4n) is 1.21. The minimum Gasteiger partial charge on any atom is -0.313 e. The summed E-state index contributed by atoms with van der Waals surface area (Å²) in [5, 5.41) is 3.39. The van der Waals surface area contributed by atoms with E-state index in [0.29, 0.717) is 5.92 Å². The van der Waals surface area contributed by atoms with Crippen molar-refractivity contribution in [2.24, 2.45) is 11.8 Å². The van der Waals surface area contributed by atoms with E-state index in [-0.39, 0.29) is 0 Å². The molecule has 0 saturated heterocycles. The van der Waals surface area contributed by atoms with Gasteiger partial charge in [-0.3, -0.25) is 0 Å². The molecule has 0 rings (SSSR count). The summed E-state index contributed by atoms with van der Waals surface area (Å²) in [5.41, 5.74) is 1.55. The Morgan fingerprint density at radius 3 is 2.23 bits per heavy atom. The second-order valence-corrected chi connectivity index (χ2v) is 4.06. The van der Waals surface area contributed by atoms with Crippen molar-refractivity contribution in [3.8, 4) is 0 Å². The van der Waals surface area contributed by atoms with Crippen LogP contribution >= 0.6 is 0 Å². The molecule has 0 aliphatic heterocycles. The molecule has 1 nitrogen and oxygen atoms in total. The van der Waals surface area contributed by atoms with Gasteiger partial charge in [-0.1, -0.05) is 52.7 Å². The van der Waals surface area contributed by atoms with Gasteiger partial charge in [0.1, 0.15) is 0 Å². The first-order chi connectivity index (χ1) is 6.11. The Kier molecular flexibility index (Phi) is 6.97. The summed E-state index contributed by atoms with van der Waals surface area (Å²) >= 11 is 0. The molecule has 0 aliphatic carbocycles. The lowest BCUT2D eigenvalue weighted by molar-refractivity contribution is 0.634. The lowest BCUT2D eigenvalue weighted by Gasteiger charge is -2.14. The van der Waals surface area contributed by atoms with Gasteiger partial charge < -0.3 is 5.32 Å². The Hall–Kier alpha value is -0.300. The Morgan fingerprint density at radius 1 is 1.23 bits per heavy atom. The van der Waals surface area contributed by atoms with Gasteiger partial charge in [0, 0.05) is 6.54 Å². The average molecular weight is 183 g/mol. The number of hydrogen-bond acceptors (Lipinski definition) is 1. The third kappa shape index (κ3) is 5.87. The quantitative estimate of drug-likeness (QED) is 0.623. The van der Waals surface area contributed by atoms with Crippen molar-refractivity contribution in [2.75, 3.05) is 13.1 Å². The highest BCUT2D eigenvalue weighted by atomic mass is 14.8. The van der Waals surface area contributed by atoms with Gasteiger partial charge in [-0.15, -0.1) is 0 Å². The lowest BCUT2D eigenvalue weighted by Crippen LogP contribution is -2.19. The minimum absolute atomic E-state index is 0.674. The summed E-state index contributed by atoms with van der Waals surface area (Å²) in [6.45, 7) is 13.3. The fraction of sp³-hybridized carbons (Fsp3) is 0.833. The zero-order chi connectivity index (χ0) is 10.3. The fourth-order valence-corrected chi connectivity index (χ4v) is 1.21. The van der Waals surface area contributed by atoms with E-state index in [9.17, 15) is 0 Å². The normalized spacial score (nSPS) is 15.1. The number of rotatable bonds is 6. The molecule has 1 N–H and O–H groups in total. The molecule has 1 atom stereocenters. The number of likely N-dealkylation sites (N-methyl/N-ethyl adjacent to an activating group) is 1. The van der Waals surface area contributed by atoms with Gasteiger partial charge in [0.2, 0.25) is 0 Å². The van der Waals surface area contributed by atoms with Crippen LogP contribution in [0.2, 0.25) is 0 Å². The molecule has 1 heteroatoms. The molecule has 0 aromatic carbocycles. The first kappa shape index (κ1) is 12.7. The van der Waals surface area contributed by atoms with Crippen LogP contribution in [0.4, 0.5) is 0 Å². The van der Waals surface area contributed by atoms with E-state index in [1.807, 2.05) is 0 Å². The highest BCUT2D eigenvalue weighted by molar-refractivity contribution is 5.08. The predicted octanol–water partition coefficient (Wildman–Crippen LogP) is 3.22. The Bertz CT molecular complexity index is 147. The molecule has 13 heavy (non-hydrogen) atoms. The van der Waals surface area contributed by atoms with E-state index in [1.54, 1.807) is 5.57 Å². The summed E-state index contributed by atoms with van der Waals surface area (Å²) in [6.07, 6.45) is 3.66. The molecule has 0 radical (unpaired) electrons. The van der Waals surface area contributed by atoms with Crippen LogP contribution in [0, 0.1) is 11.8 Å². The molecule has 0 aliphatic rings. The molecule has 0 spiro atoms. The van der Waals surface area contributed by atoms with E-state index >= 15 is 0 Å². The average Bonchev–Trinajstić information content (AvgIpc) is 2.11. The third-order valence-electron chi connectivity index (χ3n) is 2.46. The van der Waals surface area contributed by atoms with E-state index in [2.05, 4.69) is 46.0 Å². The summed E-state index contributed by atoms with van der Waals surface area (Å²) in [6, 6.07) is 0. The van der Waals surface area contributed by atoms with E-state index in [1.165, 1.54) is 6.42 Å². The van der Waals surface area contributed by atoms with Crippen molar-refractivity contribution in [3.05, 3.63) is 11.6 Å². The zero-order valence-electron chi connectivity index (χ0n) is 9.85. The molecule has 0 heterocycles. The van der Waals surface area contributed by atoms with Gasteiger partial charge in [0.15, 0.2) is 0 Å². The molecule has 0 fully saturated rings. The second-order valence-electron chi connectivity index (χ2n) is 4.06. The maximum Gasteiger partial charge on any atom is 0.0167 e. The van der Waals surface area contributed by atoms with Crippen molar-refractivity contribution in [1.29, 1.82) is 0 Å². The van der Waals surface area contributed by atoms with Crippen molar-refractivity contribution < 1.29 is 0 Å². The standard InChI is InChI=1S/C12H25N/c1-6-11(5)8-12(10(3)4)9-13-7-2/h8,10-11,13H,6-7,9H2,1-5H3. The van der Waals surface area contributed by atoms with Crippen LogP contribution in [-0.4, -0.2) is 13.1 Å². The zero-order valence-corrected chi connectivity index (χ0v) is 9.85. The number of nitrogens with one attached hydrogen (secondary N) is 1. The van der Waals surface area contributed by atoms with Crippen LogP contribution in [0.15, 0.2) is 11.6 Å². The maximum absolute atomic E-state index is 3.39. The largest absolute Gasteiger partial charge is 0.313 e. The second kappa shape index (κ2) is 7.14. The first-order valence-corrected chi connectivity index (χ1v) is 5.53. The maximum atomic E-state index is 3.39. The van der Waals surface area contributed by atoms with Gasteiger partial charge in [-0.2, -0.15) is 0 Å². The molecular weight excluding hydrogens is 158 g/mol. The molecule has 0 amide bonds.